The summed E-state index contributed by atoms with van der Waals surface area (Å²) in [5.41, 5.74) is 3.29. The van der Waals surface area contributed by atoms with Crippen molar-refractivity contribution in [2.45, 2.75) is 33.6 Å². The van der Waals surface area contributed by atoms with Gasteiger partial charge < -0.3 is 15.0 Å². The second-order valence-electron chi connectivity index (χ2n) is 6.17. The molecule has 6 heteroatoms. The number of piperazine rings is 1. The Morgan fingerprint density at radius 2 is 1.64 bits per heavy atom. The van der Waals surface area contributed by atoms with Gasteiger partial charge in [0.15, 0.2) is 0 Å². The molecule has 1 aliphatic heterocycles. The van der Waals surface area contributed by atoms with Crippen LogP contribution in [0.2, 0.25) is 0 Å². The van der Waals surface area contributed by atoms with Gasteiger partial charge in [0.1, 0.15) is 0 Å². The largest absolute Gasteiger partial charge is 0.450 e. The summed E-state index contributed by atoms with van der Waals surface area (Å²) in [4.78, 5) is 28.0. The quantitative estimate of drug-likeness (QED) is 0.859. The first kappa shape index (κ1) is 19.2. The average molecular weight is 347 g/mol. The highest BCUT2D eigenvalue weighted by Gasteiger charge is 2.23. The molecule has 0 bridgehead atoms. The summed E-state index contributed by atoms with van der Waals surface area (Å²) in [6.45, 7) is 9.28. The van der Waals surface area contributed by atoms with Gasteiger partial charge >= 0.3 is 6.09 Å². The van der Waals surface area contributed by atoms with Crippen LogP contribution in [0.4, 0.5) is 10.5 Å². The molecule has 1 heterocycles. The van der Waals surface area contributed by atoms with E-state index in [-0.39, 0.29) is 12.0 Å². The first-order valence-corrected chi connectivity index (χ1v) is 9.13. The van der Waals surface area contributed by atoms with E-state index in [0.717, 1.165) is 18.5 Å². The van der Waals surface area contributed by atoms with Crippen molar-refractivity contribution in [1.82, 2.24) is 9.80 Å². The highest BCUT2D eigenvalue weighted by Crippen LogP contribution is 2.22. The molecule has 2 amide bonds. The van der Waals surface area contributed by atoms with Crippen molar-refractivity contribution < 1.29 is 14.3 Å². The average Bonchev–Trinajstić information content (AvgIpc) is 2.62. The van der Waals surface area contributed by atoms with Crippen molar-refractivity contribution in [3.63, 3.8) is 0 Å². The van der Waals surface area contributed by atoms with Gasteiger partial charge in [0.25, 0.3) is 0 Å². The molecule has 1 N–H and O–H groups in total. The fourth-order valence-electron chi connectivity index (χ4n) is 3.09. The number of carbonyl (C=O) groups excluding carboxylic acids is 2. The number of ether oxygens (including phenoxy) is 1. The molecule has 1 aliphatic rings. The Morgan fingerprint density at radius 1 is 1.04 bits per heavy atom. The molecule has 138 valence electrons. The maximum atomic E-state index is 12.5. The zero-order chi connectivity index (χ0) is 18.2. The lowest BCUT2D eigenvalue weighted by Gasteiger charge is -2.33. The van der Waals surface area contributed by atoms with Gasteiger partial charge in [0.2, 0.25) is 5.91 Å². The summed E-state index contributed by atoms with van der Waals surface area (Å²) in [5, 5.41) is 3.10. The molecule has 2 rings (SSSR count). The third-order valence-corrected chi connectivity index (χ3v) is 4.53. The third kappa shape index (κ3) is 5.19. The number of para-hydroxylation sites is 1. The van der Waals surface area contributed by atoms with Crippen molar-refractivity contribution >= 4 is 17.7 Å². The van der Waals surface area contributed by atoms with Gasteiger partial charge in [-0.15, -0.1) is 0 Å². The van der Waals surface area contributed by atoms with E-state index >= 15 is 0 Å². The summed E-state index contributed by atoms with van der Waals surface area (Å²) < 4.78 is 5.02. The SMILES string of the molecule is CCOC(=O)N1CCN(CC(=O)Nc2c(CC)cccc2CC)CC1. The monoisotopic (exact) mass is 347 g/mol. The predicted octanol–water partition coefficient (Wildman–Crippen LogP) is 2.52. The smallest absolute Gasteiger partial charge is 0.409 e. The predicted molar refractivity (Wildman–Crippen MR) is 98.9 cm³/mol. The van der Waals surface area contributed by atoms with E-state index in [0.29, 0.717) is 39.3 Å². The van der Waals surface area contributed by atoms with Crippen molar-refractivity contribution in [2.75, 3.05) is 44.6 Å². The highest BCUT2D eigenvalue weighted by atomic mass is 16.6. The fourth-order valence-corrected chi connectivity index (χ4v) is 3.09. The van der Waals surface area contributed by atoms with Crippen LogP contribution in [0.15, 0.2) is 18.2 Å². The van der Waals surface area contributed by atoms with Gasteiger partial charge in [-0.25, -0.2) is 4.79 Å². The summed E-state index contributed by atoms with van der Waals surface area (Å²) >= 11 is 0. The van der Waals surface area contributed by atoms with Gasteiger partial charge in [0, 0.05) is 31.9 Å². The van der Waals surface area contributed by atoms with Crippen molar-refractivity contribution in [3.8, 4) is 0 Å². The lowest BCUT2D eigenvalue weighted by molar-refractivity contribution is -0.117. The minimum absolute atomic E-state index is 0.000171. The molecular formula is C19H29N3O3. The zero-order valence-electron chi connectivity index (χ0n) is 15.5. The normalized spacial score (nSPS) is 15.1. The van der Waals surface area contributed by atoms with Crippen molar-refractivity contribution in [2.24, 2.45) is 0 Å². The maximum absolute atomic E-state index is 12.5. The van der Waals surface area contributed by atoms with E-state index in [1.165, 1.54) is 11.1 Å². The molecule has 1 saturated heterocycles. The molecular weight excluding hydrogens is 318 g/mol. The number of nitrogens with zero attached hydrogens (tertiary/aromatic N) is 2. The summed E-state index contributed by atoms with van der Waals surface area (Å²) in [6.07, 6.45) is 1.51. The van der Waals surface area contributed by atoms with E-state index in [1.807, 2.05) is 6.07 Å². The lowest BCUT2D eigenvalue weighted by Crippen LogP contribution is -2.50. The number of amides is 2. The molecule has 25 heavy (non-hydrogen) atoms. The summed E-state index contributed by atoms with van der Waals surface area (Å²) in [5.74, 6) is 0.000171. The number of hydrogen-bond acceptors (Lipinski definition) is 4. The van der Waals surface area contributed by atoms with Crippen molar-refractivity contribution in [3.05, 3.63) is 29.3 Å². The Labute approximate surface area is 150 Å². The molecule has 6 nitrogen and oxygen atoms in total. The van der Waals surface area contributed by atoms with Crippen LogP contribution < -0.4 is 5.32 Å². The van der Waals surface area contributed by atoms with Crippen molar-refractivity contribution in [1.29, 1.82) is 0 Å². The van der Waals surface area contributed by atoms with Gasteiger partial charge in [-0.1, -0.05) is 32.0 Å². The Balaban J connectivity index is 1.89. The second-order valence-corrected chi connectivity index (χ2v) is 6.17. The summed E-state index contributed by atoms with van der Waals surface area (Å²) in [7, 11) is 0. The van der Waals surface area contributed by atoms with Crippen LogP contribution in [-0.4, -0.2) is 61.1 Å². The van der Waals surface area contributed by atoms with Crippen LogP contribution in [0.25, 0.3) is 0 Å². The van der Waals surface area contributed by atoms with E-state index in [2.05, 4.69) is 36.2 Å². The molecule has 0 radical (unpaired) electrons. The Kier molecular flexibility index (Phi) is 7.25. The standard InChI is InChI=1S/C19H29N3O3/c1-4-15-8-7-9-16(5-2)18(15)20-17(23)14-21-10-12-22(13-11-21)19(24)25-6-3/h7-9H,4-6,10-14H2,1-3H3,(H,20,23). The topological polar surface area (TPSA) is 61.9 Å². The number of benzene rings is 1. The van der Waals surface area contributed by atoms with Gasteiger partial charge in [-0.3, -0.25) is 9.69 Å². The van der Waals surface area contributed by atoms with Crippen LogP contribution in [0.1, 0.15) is 31.9 Å². The Morgan fingerprint density at radius 3 is 2.16 bits per heavy atom. The van der Waals surface area contributed by atoms with E-state index in [9.17, 15) is 9.59 Å². The Hall–Kier alpha value is -2.08. The Bertz CT molecular complexity index is 573. The van der Waals surface area contributed by atoms with Gasteiger partial charge in [-0.2, -0.15) is 0 Å². The molecule has 1 aromatic carbocycles. The number of carbonyl (C=O) groups is 2. The molecule has 0 aliphatic carbocycles. The molecule has 1 aromatic rings. The number of aryl methyl sites for hydroxylation is 2. The maximum Gasteiger partial charge on any atom is 0.409 e. The first-order valence-electron chi connectivity index (χ1n) is 9.13. The van der Waals surface area contributed by atoms with Gasteiger partial charge in [-0.05, 0) is 30.9 Å². The van der Waals surface area contributed by atoms with Crippen LogP contribution >= 0.6 is 0 Å². The van der Waals surface area contributed by atoms with Crippen LogP contribution in [0, 0.1) is 0 Å². The third-order valence-electron chi connectivity index (χ3n) is 4.53. The zero-order valence-corrected chi connectivity index (χ0v) is 15.5. The minimum atomic E-state index is -0.268. The van der Waals surface area contributed by atoms with Crippen LogP contribution in [0.5, 0.6) is 0 Å². The molecule has 0 unspecified atom stereocenters. The first-order chi connectivity index (χ1) is 12.1. The number of hydrogen-bond donors (Lipinski definition) is 1. The van der Waals surface area contributed by atoms with E-state index in [4.69, 9.17) is 4.74 Å². The molecule has 0 saturated carbocycles. The van der Waals surface area contributed by atoms with Crippen LogP contribution in [0.3, 0.4) is 0 Å². The molecule has 0 spiro atoms. The number of anilines is 1. The van der Waals surface area contributed by atoms with E-state index < -0.39 is 0 Å². The molecule has 0 atom stereocenters. The fraction of sp³-hybridized carbons (Fsp3) is 0.579. The van der Waals surface area contributed by atoms with E-state index in [1.54, 1.807) is 11.8 Å². The molecule has 1 fully saturated rings. The molecule has 0 aromatic heterocycles. The number of nitrogens with one attached hydrogen (secondary N) is 1. The summed E-state index contributed by atoms with van der Waals surface area (Å²) in [6, 6.07) is 6.17. The van der Waals surface area contributed by atoms with Gasteiger partial charge in [0.05, 0.1) is 13.2 Å². The lowest BCUT2D eigenvalue weighted by atomic mass is 10.0. The minimum Gasteiger partial charge on any atom is -0.450 e. The highest BCUT2D eigenvalue weighted by molar-refractivity contribution is 5.93. The second kappa shape index (κ2) is 9.42. The number of rotatable bonds is 6. The van der Waals surface area contributed by atoms with Crippen LogP contribution in [-0.2, 0) is 22.4 Å².